The van der Waals surface area contributed by atoms with E-state index in [4.69, 9.17) is 0 Å². The summed E-state index contributed by atoms with van der Waals surface area (Å²) in [5, 5.41) is 2.98. The number of halogens is 5. The smallest absolute Gasteiger partial charge is 0.368 e. The van der Waals surface area contributed by atoms with Crippen LogP contribution in [0.5, 0.6) is 0 Å². The maximum absolute atomic E-state index is 15.0. The summed E-state index contributed by atoms with van der Waals surface area (Å²) in [6.07, 6.45) is 0.541. The number of alkyl halides is 3. The predicted octanol–water partition coefficient (Wildman–Crippen LogP) is 5.19. The highest BCUT2D eigenvalue weighted by molar-refractivity contribution is 6.00. The number of aromatic nitrogens is 3. The zero-order valence-electron chi connectivity index (χ0n) is 18.7. The molecule has 4 rings (SSSR count). The van der Waals surface area contributed by atoms with E-state index in [1.807, 2.05) is 6.92 Å². The van der Waals surface area contributed by atoms with Gasteiger partial charge in [0.2, 0.25) is 0 Å². The van der Waals surface area contributed by atoms with Crippen molar-refractivity contribution in [3.63, 3.8) is 0 Å². The van der Waals surface area contributed by atoms with E-state index in [1.165, 1.54) is 23.4 Å². The molecule has 1 fully saturated rings. The van der Waals surface area contributed by atoms with Crippen LogP contribution >= 0.6 is 0 Å². The Morgan fingerprint density at radius 1 is 1.14 bits per heavy atom. The minimum absolute atomic E-state index is 0.00887. The van der Waals surface area contributed by atoms with E-state index in [9.17, 15) is 26.7 Å². The number of nitrogens with zero attached hydrogens (tertiary/aromatic N) is 4. The number of hydrogen-bond donors (Lipinski definition) is 1. The van der Waals surface area contributed by atoms with Crippen molar-refractivity contribution in [2.24, 2.45) is 5.92 Å². The molecule has 1 saturated heterocycles. The highest BCUT2D eigenvalue weighted by Gasteiger charge is 2.35. The van der Waals surface area contributed by atoms with Crippen LogP contribution in [0.15, 0.2) is 48.9 Å². The summed E-state index contributed by atoms with van der Waals surface area (Å²) in [5.41, 5.74) is -1.25. The average molecular weight is 491 g/mol. The van der Waals surface area contributed by atoms with E-state index in [0.29, 0.717) is 19.0 Å². The number of anilines is 1. The summed E-state index contributed by atoms with van der Waals surface area (Å²) in [5.74, 6) is -2.28. The van der Waals surface area contributed by atoms with Gasteiger partial charge in [-0.05, 0) is 43.0 Å². The van der Waals surface area contributed by atoms with Gasteiger partial charge >= 0.3 is 6.18 Å². The maximum atomic E-state index is 15.0. The van der Waals surface area contributed by atoms with Gasteiger partial charge in [0, 0.05) is 43.3 Å². The minimum Gasteiger partial charge on any atom is -0.368 e. The molecule has 1 aliphatic heterocycles. The molecule has 0 saturated carbocycles. The first-order valence-corrected chi connectivity index (χ1v) is 11.0. The van der Waals surface area contributed by atoms with Crippen LogP contribution in [-0.2, 0) is 6.18 Å². The topological polar surface area (TPSA) is 71.0 Å². The van der Waals surface area contributed by atoms with E-state index in [1.54, 1.807) is 6.07 Å². The molecule has 1 N–H and O–H groups in total. The molecule has 0 spiro atoms. The quantitative estimate of drug-likeness (QED) is 0.498. The summed E-state index contributed by atoms with van der Waals surface area (Å²) in [6, 6.07) is 4.94. The van der Waals surface area contributed by atoms with Crippen molar-refractivity contribution < 1.29 is 26.7 Å². The third-order valence-electron chi connectivity index (χ3n) is 6.04. The lowest BCUT2D eigenvalue weighted by Gasteiger charge is -2.40. The van der Waals surface area contributed by atoms with Crippen LogP contribution in [0, 0.1) is 17.6 Å². The van der Waals surface area contributed by atoms with Crippen LogP contribution in [-0.4, -0.2) is 44.9 Å². The van der Waals surface area contributed by atoms with Crippen LogP contribution in [0.25, 0.3) is 11.4 Å². The van der Waals surface area contributed by atoms with Crippen molar-refractivity contribution >= 4 is 11.7 Å². The molecule has 0 bridgehead atoms. The molecule has 1 aliphatic rings. The molecule has 3 heterocycles. The van der Waals surface area contributed by atoms with Gasteiger partial charge in [-0.3, -0.25) is 4.79 Å². The molecule has 2 atom stereocenters. The minimum atomic E-state index is -4.49. The fourth-order valence-electron chi connectivity index (χ4n) is 4.24. The van der Waals surface area contributed by atoms with Crippen LogP contribution in [0.3, 0.4) is 0 Å². The molecular weight excluding hydrogens is 469 g/mol. The van der Waals surface area contributed by atoms with Crippen LogP contribution in [0.2, 0.25) is 0 Å². The number of piperidine rings is 1. The van der Waals surface area contributed by atoms with E-state index < -0.39 is 35.3 Å². The molecule has 11 heteroatoms. The monoisotopic (exact) mass is 491 g/mol. The first-order chi connectivity index (χ1) is 16.6. The van der Waals surface area contributed by atoms with Crippen molar-refractivity contribution in [3.05, 3.63) is 71.7 Å². The Balaban J connectivity index is 1.60. The Kier molecular flexibility index (Phi) is 6.95. The molecule has 0 aliphatic carbocycles. The molecule has 1 aromatic carbocycles. The third kappa shape index (κ3) is 5.39. The van der Waals surface area contributed by atoms with Crippen molar-refractivity contribution in [1.29, 1.82) is 0 Å². The Morgan fingerprint density at radius 2 is 1.89 bits per heavy atom. The summed E-state index contributed by atoms with van der Waals surface area (Å²) in [6.45, 7) is 2.46. The molecule has 1 unspecified atom stereocenters. The largest absolute Gasteiger partial charge is 0.417 e. The van der Waals surface area contributed by atoms with Crippen molar-refractivity contribution in [3.8, 4) is 11.4 Å². The number of pyridine rings is 1. The number of carbonyl (C=O) groups is 1. The Hall–Kier alpha value is -3.63. The lowest BCUT2D eigenvalue weighted by molar-refractivity contribution is -0.137. The maximum Gasteiger partial charge on any atom is 0.417 e. The first-order valence-electron chi connectivity index (χ1n) is 11.0. The first kappa shape index (κ1) is 24.5. The van der Waals surface area contributed by atoms with E-state index in [0.717, 1.165) is 24.8 Å². The summed E-state index contributed by atoms with van der Waals surface area (Å²) >= 11 is 0. The number of hydrogen-bond acceptors (Lipinski definition) is 5. The Labute approximate surface area is 198 Å². The van der Waals surface area contributed by atoms with Crippen molar-refractivity contribution in [2.75, 3.05) is 18.4 Å². The van der Waals surface area contributed by atoms with Crippen molar-refractivity contribution in [1.82, 2.24) is 19.9 Å². The fourth-order valence-corrected chi connectivity index (χ4v) is 4.24. The Bertz CT molecular complexity index is 1190. The van der Waals surface area contributed by atoms with Crippen molar-refractivity contribution in [2.45, 2.75) is 32.0 Å². The van der Waals surface area contributed by atoms with Crippen LogP contribution < -0.4 is 5.32 Å². The van der Waals surface area contributed by atoms with Gasteiger partial charge < -0.3 is 10.2 Å². The van der Waals surface area contributed by atoms with E-state index in [2.05, 4.69) is 20.3 Å². The normalized spacial score (nSPS) is 18.4. The van der Waals surface area contributed by atoms with Gasteiger partial charge in [0.15, 0.2) is 5.82 Å². The number of benzene rings is 1. The van der Waals surface area contributed by atoms with Gasteiger partial charge in [-0.15, -0.1) is 0 Å². The van der Waals surface area contributed by atoms with Crippen LogP contribution in [0.4, 0.5) is 27.8 Å². The third-order valence-corrected chi connectivity index (χ3v) is 6.04. The molecule has 184 valence electrons. The highest BCUT2D eigenvalue weighted by Crippen LogP contribution is 2.31. The molecule has 2 aromatic heterocycles. The number of rotatable bonds is 5. The fraction of sp³-hybridized carbons (Fsp3) is 0.333. The Morgan fingerprint density at radius 3 is 2.54 bits per heavy atom. The standard InChI is InChI=1S/C24H22F5N5O/c1-14-4-2-9-34(19(14)13-33-20-6-5-15(12-32-20)24(27,28)29)23(35)21-17(10-16(25)11-18(21)26)22-30-7-3-8-31-22/h3,5-8,10-12,14,19H,2,4,9,13H2,1H3,(H,32,33)/t14-,19?/m1/s1. The second-order valence-electron chi connectivity index (χ2n) is 8.38. The van der Waals surface area contributed by atoms with Crippen LogP contribution in [0.1, 0.15) is 35.7 Å². The number of nitrogens with one attached hydrogen (secondary N) is 1. The van der Waals surface area contributed by atoms with E-state index >= 15 is 0 Å². The predicted molar refractivity (Wildman–Crippen MR) is 118 cm³/mol. The zero-order valence-corrected chi connectivity index (χ0v) is 18.7. The number of carbonyl (C=O) groups excluding carboxylic acids is 1. The SMILES string of the molecule is C[C@@H]1CCCN(C(=O)c2c(F)cc(F)cc2-c2ncccn2)C1CNc1ccc(C(F)(F)F)cn1. The molecular formula is C24H22F5N5O. The molecule has 0 radical (unpaired) electrons. The van der Waals surface area contributed by atoms with Gasteiger partial charge in [-0.1, -0.05) is 6.92 Å². The summed E-state index contributed by atoms with van der Waals surface area (Å²) < 4.78 is 67.4. The molecule has 35 heavy (non-hydrogen) atoms. The lowest BCUT2D eigenvalue weighted by atomic mass is 9.89. The average Bonchev–Trinajstić information content (AvgIpc) is 2.82. The molecule has 6 nitrogen and oxygen atoms in total. The second kappa shape index (κ2) is 9.93. The summed E-state index contributed by atoms with van der Waals surface area (Å²) in [7, 11) is 0. The lowest BCUT2D eigenvalue weighted by Crippen LogP contribution is -2.51. The molecule has 3 aromatic rings. The van der Waals surface area contributed by atoms with Gasteiger partial charge in [0.25, 0.3) is 5.91 Å². The number of likely N-dealkylation sites (tertiary alicyclic amines) is 1. The van der Waals surface area contributed by atoms with Gasteiger partial charge in [-0.2, -0.15) is 13.2 Å². The zero-order chi connectivity index (χ0) is 25.2. The summed E-state index contributed by atoms with van der Waals surface area (Å²) in [4.78, 5) is 27.0. The molecule has 1 amide bonds. The second-order valence-corrected chi connectivity index (χ2v) is 8.38. The highest BCUT2D eigenvalue weighted by atomic mass is 19.4. The van der Waals surface area contributed by atoms with E-state index in [-0.39, 0.29) is 35.2 Å². The van der Waals surface area contributed by atoms with Gasteiger partial charge in [0.1, 0.15) is 17.5 Å². The van der Waals surface area contributed by atoms with Gasteiger partial charge in [0.05, 0.1) is 17.2 Å². The number of amides is 1. The van der Waals surface area contributed by atoms with Gasteiger partial charge in [-0.25, -0.2) is 23.7 Å².